The van der Waals surface area contributed by atoms with Crippen molar-refractivity contribution in [1.29, 1.82) is 0 Å². The second-order valence-electron chi connectivity index (χ2n) is 4.90. The van der Waals surface area contributed by atoms with Gasteiger partial charge in [-0.15, -0.1) is 0 Å². The van der Waals surface area contributed by atoms with E-state index in [0.29, 0.717) is 19.7 Å². The van der Waals surface area contributed by atoms with E-state index in [1.807, 2.05) is 0 Å². The Morgan fingerprint density at radius 3 is 2.90 bits per heavy atom. The summed E-state index contributed by atoms with van der Waals surface area (Å²) in [5.41, 5.74) is 0. The summed E-state index contributed by atoms with van der Waals surface area (Å²) in [5.74, 6) is -0.430. The predicted molar refractivity (Wildman–Crippen MR) is 74.8 cm³/mol. The van der Waals surface area contributed by atoms with Crippen molar-refractivity contribution < 1.29 is 17.5 Å². The minimum atomic E-state index is -3.63. The fourth-order valence-electron chi connectivity index (χ4n) is 2.40. The molecule has 0 bridgehead atoms. The van der Waals surface area contributed by atoms with Crippen LogP contribution in [0.15, 0.2) is 23.1 Å². The molecule has 0 aliphatic carbocycles. The third kappa shape index (κ3) is 3.31. The van der Waals surface area contributed by atoms with Crippen molar-refractivity contribution >= 4 is 21.6 Å². The number of benzene rings is 1. The first-order valence-electron chi connectivity index (χ1n) is 6.39. The maximum Gasteiger partial charge on any atom is 0.243 e. The summed E-state index contributed by atoms with van der Waals surface area (Å²) in [4.78, 5) is 0.0296. The van der Waals surface area contributed by atoms with Gasteiger partial charge in [-0.25, -0.2) is 12.8 Å². The van der Waals surface area contributed by atoms with Crippen molar-refractivity contribution in [3.63, 3.8) is 0 Å². The summed E-state index contributed by atoms with van der Waals surface area (Å²) in [7, 11) is -2.02. The molecule has 4 nitrogen and oxygen atoms in total. The lowest BCUT2D eigenvalue weighted by Gasteiger charge is -2.31. The molecule has 0 saturated carbocycles. The van der Waals surface area contributed by atoms with Crippen LogP contribution in [0.4, 0.5) is 4.39 Å². The first kappa shape index (κ1) is 15.7. The standard InChI is InChI=1S/C13H17ClFNO3S/c1-19-9-10-3-2-6-16(8-10)20(17,18)11-4-5-13(15)12(14)7-11/h4-5,7,10H,2-3,6,8-9H2,1H3. The third-order valence-corrected chi connectivity index (χ3v) is 5.56. The molecule has 0 radical (unpaired) electrons. The smallest absolute Gasteiger partial charge is 0.243 e. The number of hydrogen-bond acceptors (Lipinski definition) is 3. The molecule has 20 heavy (non-hydrogen) atoms. The molecule has 1 aromatic carbocycles. The lowest BCUT2D eigenvalue weighted by molar-refractivity contribution is 0.118. The van der Waals surface area contributed by atoms with E-state index in [9.17, 15) is 12.8 Å². The Balaban J connectivity index is 2.23. The highest BCUT2D eigenvalue weighted by Gasteiger charge is 2.30. The molecular weight excluding hydrogens is 305 g/mol. The number of sulfonamides is 1. The number of halogens is 2. The quantitative estimate of drug-likeness (QED) is 0.856. The summed E-state index contributed by atoms with van der Waals surface area (Å²) in [6.07, 6.45) is 1.74. The van der Waals surface area contributed by atoms with Crippen molar-refractivity contribution in [2.24, 2.45) is 5.92 Å². The van der Waals surface area contributed by atoms with Crippen LogP contribution in [0.25, 0.3) is 0 Å². The highest BCUT2D eigenvalue weighted by Crippen LogP contribution is 2.26. The monoisotopic (exact) mass is 321 g/mol. The van der Waals surface area contributed by atoms with Crippen LogP contribution in [0.5, 0.6) is 0 Å². The van der Waals surface area contributed by atoms with Gasteiger partial charge in [-0.2, -0.15) is 4.31 Å². The predicted octanol–water partition coefficient (Wildman–Crippen LogP) is 2.53. The largest absolute Gasteiger partial charge is 0.384 e. The molecular formula is C13H17ClFNO3S. The number of piperidine rings is 1. The molecule has 112 valence electrons. The van der Waals surface area contributed by atoms with Gasteiger partial charge in [0.2, 0.25) is 10.0 Å². The van der Waals surface area contributed by atoms with Gasteiger partial charge >= 0.3 is 0 Å². The van der Waals surface area contributed by atoms with E-state index < -0.39 is 15.8 Å². The zero-order chi connectivity index (χ0) is 14.8. The van der Waals surface area contributed by atoms with Gasteiger partial charge in [0.05, 0.1) is 16.5 Å². The number of nitrogens with zero attached hydrogens (tertiary/aromatic N) is 1. The zero-order valence-electron chi connectivity index (χ0n) is 11.2. The Bertz CT molecular complexity index is 577. The summed E-state index contributed by atoms with van der Waals surface area (Å²) < 4.78 is 44.7. The second-order valence-corrected chi connectivity index (χ2v) is 7.25. The average molecular weight is 322 g/mol. The minimum absolute atomic E-state index is 0.0296. The Morgan fingerprint density at radius 1 is 1.50 bits per heavy atom. The van der Waals surface area contributed by atoms with Crippen molar-refractivity contribution in [2.75, 3.05) is 26.8 Å². The van der Waals surface area contributed by atoms with E-state index >= 15 is 0 Å². The number of hydrogen-bond donors (Lipinski definition) is 0. The molecule has 0 N–H and O–H groups in total. The summed E-state index contributed by atoms with van der Waals surface area (Å²) in [6.45, 7) is 1.43. The molecule has 1 fully saturated rings. The van der Waals surface area contributed by atoms with E-state index in [2.05, 4.69) is 0 Å². The minimum Gasteiger partial charge on any atom is -0.384 e. The van der Waals surface area contributed by atoms with E-state index in [-0.39, 0.29) is 15.8 Å². The second kappa shape index (κ2) is 6.39. The van der Waals surface area contributed by atoms with Crippen LogP contribution in [0.2, 0.25) is 5.02 Å². The molecule has 1 aromatic rings. The van der Waals surface area contributed by atoms with Crippen LogP contribution < -0.4 is 0 Å². The molecule has 1 unspecified atom stereocenters. The fourth-order valence-corrected chi connectivity index (χ4v) is 4.23. The first-order chi connectivity index (χ1) is 9.45. The van der Waals surface area contributed by atoms with E-state index in [0.717, 1.165) is 25.0 Å². The summed E-state index contributed by atoms with van der Waals surface area (Å²) in [5, 5.41) is -0.184. The normalized spacial score (nSPS) is 21.1. The Morgan fingerprint density at radius 2 is 2.25 bits per heavy atom. The summed E-state index contributed by atoms with van der Waals surface area (Å²) in [6, 6.07) is 3.48. The Hall–Kier alpha value is -0.690. The average Bonchev–Trinajstić information content (AvgIpc) is 2.42. The molecule has 0 aromatic heterocycles. The lowest BCUT2D eigenvalue weighted by atomic mass is 10.0. The van der Waals surface area contributed by atoms with Gasteiger partial charge in [-0.05, 0) is 37.0 Å². The van der Waals surface area contributed by atoms with Crippen LogP contribution in [0, 0.1) is 11.7 Å². The van der Waals surface area contributed by atoms with Crippen molar-refractivity contribution in [3.05, 3.63) is 29.0 Å². The highest BCUT2D eigenvalue weighted by molar-refractivity contribution is 7.89. The molecule has 1 saturated heterocycles. The topological polar surface area (TPSA) is 46.6 Å². The summed E-state index contributed by atoms with van der Waals surface area (Å²) >= 11 is 5.66. The third-order valence-electron chi connectivity index (χ3n) is 3.41. The van der Waals surface area contributed by atoms with Crippen molar-refractivity contribution in [2.45, 2.75) is 17.7 Å². The molecule has 1 aliphatic heterocycles. The number of methoxy groups -OCH3 is 1. The molecule has 1 aliphatic rings. The van der Waals surface area contributed by atoms with Crippen LogP contribution in [0.1, 0.15) is 12.8 Å². The maximum atomic E-state index is 13.1. The van der Waals surface area contributed by atoms with E-state index in [1.54, 1.807) is 7.11 Å². The number of ether oxygens (including phenoxy) is 1. The Labute approximate surface area is 123 Å². The molecule has 2 rings (SSSR count). The molecule has 1 atom stereocenters. The van der Waals surface area contributed by atoms with Crippen molar-refractivity contribution in [3.8, 4) is 0 Å². The van der Waals surface area contributed by atoms with Crippen LogP contribution >= 0.6 is 11.6 Å². The van der Waals surface area contributed by atoms with Gasteiger partial charge in [-0.3, -0.25) is 0 Å². The van der Waals surface area contributed by atoms with Gasteiger partial charge in [0.15, 0.2) is 0 Å². The van der Waals surface area contributed by atoms with Gasteiger partial charge in [0.1, 0.15) is 5.82 Å². The first-order valence-corrected chi connectivity index (χ1v) is 8.21. The highest BCUT2D eigenvalue weighted by atomic mass is 35.5. The molecule has 0 amide bonds. The fraction of sp³-hybridized carbons (Fsp3) is 0.538. The maximum absolute atomic E-state index is 13.1. The van der Waals surface area contributed by atoms with Gasteiger partial charge < -0.3 is 4.74 Å². The van der Waals surface area contributed by atoms with Crippen LogP contribution in [-0.2, 0) is 14.8 Å². The van der Waals surface area contributed by atoms with Crippen molar-refractivity contribution in [1.82, 2.24) is 4.31 Å². The van der Waals surface area contributed by atoms with Gasteiger partial charge in [0.25, 0.3) is 0 Å². The van der Waals surface area contributed by atoms with Gasteiger partial charge in [-0.1, -0.05) is 11.6 Å². The molecule has 7 heteroatoms. The van der Waals surface area contributed by atoms with Crippen LogP contribution in [0.3, 0.4) is 0 Å². The van der Waals surface area contributed by atoms with E-state index in [1.165, 1.54) is 10.4 Å². The SMILES string of the molecule is COCC1CCCN(S(=O)(=O)c2ccc(F)c(Cl)c2)C1. The van der Waals surface area contributed by atoms with Gasteiger partial charge in [0, 0.05) is 20.2 Å². The number of rotatable bonds is 4. The Kier molecular flexibility index (Phi) is 5.01. The van der Waals surface area contributed by atoms with Crippen LogP contribution in [-0.4, -0.2) is 39.5 Å². The van der Waals surface area contributed by atoms with E-state index in [4.69, 9.17) is 16.3 Å². The molecule has 0 spiro atoms. The zero-order valence-corrected chi connectivity index (χ0v) is 12.8. The molecule has 1 heterocycles. The lowest BCUT2D eigenvalue weighted by Crippen LogP contribution is -2.41.